The third-order valence-corrected chi connectivity index (χ3v) is 3.79. The Kier molecular flexibility index (Phi) is 5.12. The Balaban J connectivity index is 1.89. The Morgan fingerprint density at radius 3 is 2.26 bits per heavy atom. The SMILES string of the molecule is COC(=O)c1ccc(OC(=O)c2nn(-c3ccccc3)c(C)cc2=O)cc1. The van der Waals surface area contributed by atoms with Crippen LogP contribution >= 0.6 is 0 Å². The molecule has 7 heteroatoms. The molecule has 0 aliphatic heterocycles. The minimum Gasteiger partial charge on any atom is -0.465 e. The van der Waals surface area contributed by atoms with Crippen molar-refractivity contribution in [2.24, 2.45) is 0 Å². The molecule has 1 heterocycles. The highest BCUT2D eigenvalue weighted by molar-refractivity contribution is 5.90. The maximum absolute atomic E-state index is 12.4. The molecule has 1 aromatic heterocycles. The van der Waals surface area contributed by atoms with Crippen LogP contribution in [0.25, 0.3) is 5.69 Å². The van der Waals surface area contributed by atoms with Crippen molar-refractivity contribution in [3.05, 3.63) is 87.8 Å². The number of carbonyl (C=O) groups excluding carboxylic acids is 2. The topological polar surface area (TPSA) is 87.5 Å². The summed E-state index contributed by atoms with van der Waals surface area (Å²) in [5.41, 5.74) is 0.756. The third-order valence-electron chi connectivity index (χ3n) is 3.79. The number of aryl methyl sites for hydroxylation is 1. The van der Waals surface area contributed by atoms with Gasteiger partial charge in [-0.25, -0.2) is 14.3 Å². The van der Waals surface area contributed by atoms with E-state index >= 15 is 0 Å². The fraction of sp³-hybridized carbons (Fsp3) is 0.100. The van der Waals surface area contributed by atoms with E-state index in [1.54, 1.807) is 6.92 Å². The molecule has 7 nitrogen and oxygen atoms in total. The molecule has 0 unspecified atom stereocenters. The fourth-order valence-electron chi connectivity index (χ4n) is 2.45. The van der Waals surface area contributed by atoms with E-state index < -0.39 is 17.4 Å². The molecule has 0 saturated heterocycles. The van der Waals surface area contributed by atoms with E-state index in [1.807, 2.05) is 30.3 Å². The highest BCUT2D eigenvalue weighted by atomic mass is 16.5. The third kappa shape index (κ3) is 3.92. The number of methoxy groups -OCH3 is 1. The van der Waals surface area contributed by atoms with E-state index in [-0.39, 0.29) is 11.4 Å². The molecule has 0 atom stereocenters. The molecule has 27 heavy (non-hydrogen) atoms. The summed E-state index contributed by atoms with van der Waals surface area (Å²) in [5, 5.41) is 4.15. The summed E-state index contributed by atoms with van der Waals surface area (Å²) in [6.45, 7) is 1.72. The first-order valence-electron chi connectivity index (χ1n) is 8.06. The van der Waals surface area contributed by atoms with Gasteiger partial charge in [-0.1, -0.05) is 18.2 Å². The molecule has 0 amide bonds. The molecule has 0 aliphatic rings. The summed E-state index contributed by atoms with van der Waals surface area (Å²) < 4.78 is 11.3. The number of para-hydroxylation sites is 1. The summed E-state index contributed by atoms with van der Waals surface area (Å²) in [6, 6.07) is 16.3. The van der Waals surface area contributed by atoms with Gasteiger partial charge in [0, 0.05) is 11.8 Å². The standard InChI is InChI=1S/C20H16N2O5/c1-13-12-17(23)18(21-22(13)15-6-4-3-5-7-15)20(25)27-16-10-8-14(9-11-16)19(24)26-2/h3-12H,1-2H3. The second kappa shape index (κ2) is 7.65. The van der Waals surface area contributed by atoms with Crippen LogP contribution < -0.4 is 10.2 Å². The smallest absolute Gasteiger partial charge is 0.368 e. The van der Waals surface area contributed by atoms with E-state index in [0.717, 1.165) is 0 Å². The van der Waals surface area contributed by atoms with E-state index in [0.29, 0.717) is 16.9 Å². The maximum Gasteiger partial charge on any atom is 0.368 e. The van der Waals surface area contributed by atoms with Gasteiger partial charge in [0.15, 0.2) is 0 Å². The molecule has 0 spiro atoms. The van der Waals surface area contributed by atoms with Gasteiger partial charge in [0.2, 0.25) is 11.1 Å². The van der Waals surface area contributed by atoms with Crippen molar-refractivity contribution in [3.8, 4) is 11.4 Å². The molecule has 0 saturated carbocycles. The van der Waals surface area contributed by atoms with Gasteiger partial charge in [0.1, 0.15) is 5.75 Å². The maximum atomic E-state index is 12.4. The number of nitrogens with zero attached hydrogens (tertiary/aromatic N) is 2. The Hall–Kier alpha value is -3.74. The zero-order valence-corrected chi connectivity index (χ0v) is 14.7. The lowest BCUT2D eigenvalue weighted by Crippen LogP contribution is -2.25. The Morgan fingerprint density at radius 1 is 0.963 bits per heavy atom. The minimum absolute atomic E-state index is 0.181. The van der Waals surface area contributed by atoms with Crippen LogP contribution in [-0.4, -0.2) is 28.8 Å². The molecule has 2 aromatic carbocycles. The van der Waals surface area contributed by atoms with Gasteiger partial charge in [0.25, 0.3) is 0 Å². The lowest BCUT2D eigenvalue weighted by molar-refractivity contribution is 0.0600. The van der Waals surface area contributed by atoms with Crippen LogP contribution in [0.2, 0.25) is 0 Å². The number of rotatable bonds is 4. The first-order chi connectivity index (χ1) is 13.0. The van der Waals surface area contributed by atoms with E-state index in [4.69, 9.17) is 4.74 Å². The highest BCUT2D eigenvalue weighted by Gasteiger charge is 2.18. The predicted octanol–water partition coefficient (Wildman–Crippen LogP) is 2.55. The monoisotopic (exact) mass is 364 g/mol. The van der Waals surface area contributed by atoms with Gasteiger partial charge in [-0.15, -0.1) is 0 Å². The van der Waals surface area contributed by atoms with Crippen molar-refractivity contribution in [1.29, 1.82) is 0 Å². The molecule has 3 aromatic rings. The molecular formula is C20H16N2O5. The number of aromatic nitrogens is 2. The zero-order valence-electron chi connectivity index (χ0n) is 14.7. The van der Waals surface area contributed by atoms with Crippen LogP contribution in [-0.2, 0) is 4.74 Å². The number of hydrogen-bond acceptors (Lipinski definition) is 6. The number of carbonyl (C=O) groups is 2. The summed E-state index contributed by atoms with van der Waals surface area (Å²) in [7, 11) is 1.27. The van der Waals surface area contributed by atoms with Crippen LogP contribution in [0.5, 0.6) is 5.75 Å². The van der Waals surface area contributed by atoms with Crippen LogP contribution in [0.3, 0.4) is 0 Å². The van der Waals surface area contributed by atoms with Crippen molar-refractivity contribution in [3.63, 3.8) is 0 Å². The van der Waals surface area contributed by atoms with E-state index in [2.05, 4.69) is 9.84 Å². The second-order valence-corrected chi connectivity index (χ2v) is 5.65. The van der Waals surface area contributed by atoms with Gasteiger partial charge in [-0.05, 0) is 43.3 Å². The number of hydrogen-bond donors (Lipinski definition) is 0. The molecule has 0 bridgehead atoms. The van der Waals surface area contributed by atoms with Crippen LogP contribution in [0.4, 0.5) is 0 Å². The van der Waals surface area contributed by atoms with Crippen LogP contribution in [0.1, 0.15) is 26.5 Å². The van der Waals surface area contributed by atoms with Gasteiger partial charge in [-0.2, -0.15) is 5.10 Å². The molecule has 0 N–H and O–H groups in total. The fourth-order valence-corrected chi connectivity index (χ4v) is 2.45. The quantitative estimate of drug-likeness (QED) is 0.522. The number of ether oxygens (including phenoxy) is 2. The summed E-state index contributed by atoms with van der Waals surface area (Å²) in [4.78, 5) is 36.0. The van der Waals surface area contributed by atoms with Gasteiger partial charge >= 0.3 is 11.9 Å². The summed E-state index contributed by atoms with van der Waals surface area (Å²) in [6.07, 6.45) is 0. The lowest BCUT2D eigenvalue weighted by Gasteiger charge is -2.11. The van der Waals surface area contributed by atoms with Gasteiger partial charge in [0.05, 0.1) is 18.4 Å². The van der Waals surface area contributed by atoms with Crippen molar-refractivity contribution >= 4 is 11.9 Å². The lowest BCUT2D eigenvalue weighted by atomic mass is 10.2. The first-order valence-corrected chi connectivity index (χ1v) is 8.06. The Morgan fingerprint density at radius 2 is 1.63 bits per heavy atom. The van der Waals surface area contributed by atoms with Crippen LogP contribution in [0.15, 0.2) is 65.5 Å². The van der Waals surface area contributed by atoms with E-state index in [1.165, 1.54) is 42.1 Å². The number of benzene rings is 2. The molecular weight excluding hydrogens is 348 g/mol. The molecule has 0 radical (unpaired) electrons. The zero-order chi connectivity index (χ0) is 19.4. The van der Waals surface area contributed by atoms with Crippen LogP contribution in [0, 0.1) is 6.92 Å². The molecule has 0 fully saturated rings. The summed E-state index contributed by atoms with van der Waals surface area (Å²) in [5.74, 6) is -1.20. The summed E-state index contributed by atoms with van der Waals surface area (Å²) >= 11 is 0. The minimum atomic E-state index is -0.879. The second-order valence-electron chi connectivity index (χ2n) is 5.65. The van der Waals surface area contributed by atoms with Gasteiger partial charge < -0.3 is 9.47 Å². The predicted molar refractivity (Wildman–Crippen MR) is 97.3 cm³/mol. The normalized spacial score (nSPS) is 10.3. The Labute approximate surface area is 154 Å². The largest absolute Gasteiger partial charge is 0.465 e. The number of esters is 2. The van der Waals surface area contributed by atoms with Crippen molar-refractivity contribution in [2.45, 2.75) is 6.92 Å². The van der Waals surface area contributed by atoms with E-state index in [9.17, 15) is 14.4 Å². The average molecular weight is 364 g/mol. The van der Waals surface area contributed by atoms with Crippen molar-refractivity contribution in [2.75, 3.05) is 7.11 Å². The molecule has 0 aliphatic carbocycles. The van der Waals surface area contributed by atoms with Crippen molar-refractivity contribution in [1.82, 2.24) is 9.78 Å². The Bertz CT molecular complexity index is 1040. The van der Waals surface area contributed by atoms with Gasteiger partial charge in [-0.3, -0.25) is 4.79 Å². The average Bonchev–Trinajstić information content (AvgIpc) is 2.68. The van der Waals surface area contributed by atoms with Crippen molar-refractivity contribution < 1.29 is 19.1 Å². The highest BCUT2D eigenvalue weighted by Crippen LogP contribution is 2.14. The molecule has 3 rings (SSSR count). The first kappa shape index (κ1) is 18.1. The molecule has 136 valence electrons.